The number of anilines is 2. The summed E-state index contributed by atoms with van der Waals surface area (Å²) in [5.74, 6) is -0.867. The fourth-order valence-electron chi connectivity index (χ4n) is 2.76. The van der Waals surface area contributed by atoms with Crippen molar-refractivity contribution in [1.82, 2.24) is 9.97 Å². The van der Waals surface area contributed by atoms with Gasteiger partial charge < -0.3 is 0 Å². The maximum atomic E-state index is 14.2. The van der Waals surface area contributed by atoms with Crippen LogP contribution in [0.3, 0.4) is 0 Å². The molecule has 0 bridgehead atoms. The van der Waals surface area contributed by atoms with Crippen molar-refractivity contribution in [2.75, 3.05) is 4.90 Å². The smallest absolute Gasteiger partial charge is 0.230 e. The third kappa shape index (κ3) is 3.78. The molecule has 0 saturated heterocycles. The minimum atomic E-state index is -0.512. The first kappa shape index (κ1) is 18.9. The van der Waals surface area contributed by atoms with Crippen molar-refractivity contribution >= 4 is 61.3 Å². The van der Waals surface area contributed by atoms with Crippen LogP contribution in [0.4, 0.5) is 15.2 Å². The van der Waals surface area contributed by atoms with Crippen LogP contribution >= 0.6 is 22.7 Å². The van der Waals surface area contributed by atoms with Gasteiger partial charge in [-0.15, -0.1) is 22.7 Å². The number of allylic oxidation sites excluding steroid dienone is 1. The molecule has 0 aliphatic rings. The lowest BCUT2D eigenvalue weighted by atomic mass is 10.2. The zero-order chi connectivity index (χ0) is 20.4. The van der Waals surface area contributed by atoms with Crippen LogP contribution in [0.2, 0.25) is 0 Å². The van der Waals surface area contributed by atoms with Gasteiger partial charge in [0.05, 0.1) is 27.2 Å². The topological polar surface area (TPSA) is 69.9 Å². The van der Waals surface area contributed by atoms with Gasteiger partial charge in [0.15, 0.2) is 5.13 Å². The zero-order valence-corrected chi connectivity index (χ0v) is 16.8. The largest absolute Gasteiger partial charge is 0.274 e. The molecule has 0 aliphatic heterocycles. The Kier molecular flexibility index (Phi) is 5.16. The van der Waals surface area contributed by atoms with Gasteiger partial charge in [-0.25, -0.2) is 14.4 Å². The first-order valence-electron chi connectivity index (χ1n) is 8.55. The van der Waals surface area contributed by atoms with Crippen LogP contribution in [0.25, 0.3) is 21.9 Å². The summed E-state index contributed by atoms with van der Waals surface area (Å²) in [7, 11) is 0. The predicted octanol–water partition coefficient (Wildman–Crippen LogP) is 5.64. The van der Waals surface area contributed by atoms with E-state index in [1.165, 1.54) is 46.6 Å². The second-order valence-corrected chi connectivity index (χ2v) is 7.88. The first-order valence-corrected chi connectivity index (χ1v) is 10.2. The van der Waals surface area contributed by atoms with Gasteiger partial charge in [-0.2, -0.15) is 5.26 Å². The number of para-hydroxylation sites is 2. The summed E-state index contributed by atoms with van der Waals surface area (Å²) < 4.78 is 15.2. The van der Waals surface area contributed by atoms with Gasteiger partial charge in [-0.05, 0) is 30.3 Å². The van der Waals surface area contributed by atoms with Crippen molar-refractivity contribution in [3.05, 3.63) is 70.4 Å². The van der Waals surface area contributed by atoms with Crippen molar-refractivity contribution in [3.63, 3.8) is 0 Å². The lowest BCUT2D eigenvalue weighted by Gasteiger charge is -2.18. The summed E-state index contributed by atoms with van der Waals surface area (Å²) in [6.07, 6.45) is 1.62. The van der Waals surface area contributed by atoms with Crippen LogP contribution < -0.4 is 4.90 Å². The summed E-state index contributed by atoms with van der Waals surface area (Å²) >= 11 is 2.62. The molecule has 4 rings (SSSR count). The number of nitrogens with zero attached hydrogens (tertiary/aromatic N) is 4. The SMILES string of the molecule is CC(=O)N(c1nc(C=C(C#N)c2nc3ccccc3s2)cs1)c1ccccc1F. The Morgan fingerprint density at radius 1 is 1.17 bits per heavy atom. The van der Waals surface area contributed by atoms with Gasteiger partial charge in [-0.1, -0.05) is 24.3 Å². The normalized spacial score (nSPS) is 11.4. The summed E-state index contributed by atoms with van der Waals surface area (Å²) in [5, 5.41) is 12.2. The highest BCUT2D eigenvalue weighted by Gasteiger charge is 2.21. The Labute approximate surface area is 174 Å². The Bertz CT molecular complexity index is 1250. The Balaban J connectivity index is 1.71. The Hall–Kier alpha value is -3.41. The molecule has 0 N–H and O–H groups in total. The van der Waals surface area contributed by atoms with E-state index in [1.807, 2.05) is 24.3 Å². The van der Waals surface area contributed by atoms with Crippen molar-refractivity contribution in [2.24, 2.45) is 0 Å². The number of halogens is 1. The molecular weight excluding hydrogens is 407 g/mol. The van der Waals surface area contributed by atoms with Gasteiger partial charge in [0.25, 0.3) is 0 Å². The van der Waals surface area contributed by atoms with Gasteiger partial charge in [-0.3, -0.25) is 9.69 Å². The van der Waals surface area contributed by atoms with Crippen molar-refractivity contribution < 1.29 is 9.18 Å². The van der Waals surface area contributed by atoms with Crippen molar-refractivity contribution in [3.8, 4) is 6.07 Å². The second-order valence-electron chi connectivity index (χ2n) is 6.02. The van der Waals surface area contributed by atoms with Crippen LogP contribution in [-0.4, -0.2) is 15.9 Å². The number of hydrogen-bond donors (Lipinski definition) is 0. The van der Waals surface area contributed by atoms with Crippen LogP contribution in [-0.2, 0) is 4.79 Å². The van der Waals surface area contributed by atoms with Gasteiger partial charge in [0.1, 0.15) is 16.9 Å². The third-order valence-corrected chi connectivity index (χ3v) is 5.96. The molecule has 142 valence electrons. The molecule has 0 saturated carbocycles. The van der Waals surface area contributed by atoms with Crippen LogP contribution in [0.5, 0.6) is 0 Å². The van der Waals surface area contributed by atoms with E-state index in [1.54, 1.807) is 23.6 Å². The number of carbonyl (C=O) groups is 1. The molecule has 0 radical (unpaired) electrons. The molecule has 5 nitrogen and oxygen atoms in total. The van der Waals surface area contributed by atoms with Gasteiger partial charge >= 0.3 is 0 Å². The summed E-state index contributed by atoms with van der Waals surface area (Å²) in [4.78, 5) is 22.3. The third-order valence-electron chi connectivity index (χ3n) is 4.05. The number of fused-ring (bicyclic) bond motifs is 1. The standard InChI is InChI=1S/C21H13FN4OS2/c1-13(27)26(18-8-4-2-6-16(18)22)21-24-15(12-28-21)10-14(11-23)20-25-17-7-3-5-9-19(17)29-20/h2-10,12H,1H3. The fourth-order valence-corrected chi connectivity index (χ4v) is 4.53. The molecule has 4 aromatic rings. The predicted molar refractivity (Wildman–Crippen MR) is 114 cm³/mol. The van der Waals surface area contributed by atoms with E-state index in [2.05, 4.69) is 16.0 Å². The molecule has 0 unspecified atom stereocenters. The van der Waals surface area contributed by atoms with E-state index in [-0.39, 0.29) is 11.6 Å². The minimum Gasteiger partial charge on any atom is -0.274 e. The van der Waals surface area contributed by atoms with E-state index >= 15 is 0 Å². The van der Waals surface area contributed by atoms with Crippen LogP contribution in [0.15, 0.2) is 53.9 Å². The number of rotatable bonds is 4. The van der Waals surface area contributed by atoms with E-state index in [0.717, 1.165) is 10.2 Å². The van der Waals surface area contributed by atoms with E-state index in [0.29, 0.717) is 21.4 Å². The Morgan fingerprint density at radius 2 is 1.93 bits per heavy atom. The highest BCUT2D eigenvalue weighted by molar-refractivity contribution is 7.19. The average Bonchev–Trinajstić information content (AvgIpc) is 3.34. The maximum absolute atomic E-state index is 14.2. The van der Waals surface area contributed by atoms with Crippen LogP contribution in [0, 0.1) is 17.1 Å². The molecule has 29 heavy (non-hydrogen) atoms. The molecule has 0 fully saturated rings. The monoisotopic (exact) mass is 420 g/mol. The molecule has 2 heterocycles. The number of amides is 1. The molecule has 2 aromatic carbocycles. The lowest BCUT2D eigenvalue weighted by Crippen LogP contribution is -2.23. The highest BCUT2D eigenvalue weighted by atomic mass is 32.1. The number of hydrogen-bond acceptors (Lipinski definition) is 6. The van der Waals surface area contributed by atoms with Gasteiger partial charge in [0.2, 0.25) is 5.91 Å². The number of nitriles is 1. The van der Waals surface area contributed by atoms with Crippen molar-refractivity contribution in [2.45, 2.75) is 6.92 Å². The van der Waals surface area contributed by atoms with Crippen molar-refractivity contribution in [1.29, 1.82) is 5.26 Å². The molecular formula is C21H13FN4OS2. The lowest BCUT2D eigenvalue weighted by molar-refractivity contribution is -0.115. The number of carbonyl (C=O) groups excluding carboxylic acids is 1. The molecule has 1 amide bonds. The summed E-state index contributed by atoms with van der Waals surface area (Å²) in [6.45, 7) is 1.35. The van der Waals surface area contributed by atoms with E-state index in [9.17, 15) is 14.4 Å². The van der Waals surface area contributed by atoms with Gasteiger partial charge in [0, 0.05) is 12.3 Å². The first-order chi connectivity index (χ1) is 14.1. The summed E-state index contributed by atoms with van der Waals surface area (Å²) in [6, 6.07) is 15.9. The molecule has 0 spiro atoms. The fraction of sp³-hybridized carbons (Fsp3) is 0.0476. The van der Waals surface area contributed by atoms with E-state index < -0.39 is 5.82 Å². The number of thiazole rings is 2. The average molecular weight is 420 g/mol. The molecule has 0 atom stereocenters. The van der Waals surface area contributed by atoms with E-state index in [4.69, 9.17) is 0 Å². The quantitative estimate of drug-likeness (QED) is 0.401. The highest BCUT2D eigenvalue weighted by Crippen LogP contribution is 2.32. The molecule has 0 aliphatic carbocycles. The van der Waals surface area contributed by atoms with Crippen LogP contribution in [0.1, 0.15) is 17.6 Å². The summed E-state index contributed by atoms with van der Waals surface area (Å²) in [5.41, 5.74) is 1.85. The zero-order valence-electron chi connectivity index (χ0n) is 15.2. The number of aromatic nitrogens is 2. The second kappa shape index (κ2) is 7.91. The minimum absolute atomic E-state index is 0.136. The number of benzene rings is 2. The Morgan fingerprint density at radius 3 is 2.66 bits per heavy atom. The maximum Gasteiger partial charge on any atom is 0.230 e. The molecule has 8 heteroatoms. The molecule has 2 aromatic heterocycles.